The summed E-state index contributed by atoms with van der Waals surface area (Å²) >= 11 is 1.67. The van der Waals surface area contributed by atoms with Crippen LogP contribution < -0.4 is 0 Å². The van der Waals surface area contributed by atoms with Crippen molar-refractivity contribution in [3.05, 3.63) is 45.7 Å². The Morgan fingerprint density at radius 3 is 2.65 bits per heavy atom. The van der Waals surface area contributed by atoms with Crippen LogP contribution in [0.25, 0.3) is 4.96 Å². The van der Waals surface area contributed by atoms with E-state index in [1.807, 2.05) is 4.52 Å². The molecule has 0 amide bonds. The van der Waals surface area contributed by atoms with E-state index in [1.165, 1.54) is 63.6 Å². The third-order valence-electron chi connectivity index (χ3n) is 5.68. The summed E-state index contributed by atoms with van der Waals surface area (Å²) in [6.07, 6.45) is 9.97. The Hall–Kier alpha value is -1.79. The molecule has 2 aliphatic rings. The molecule has 0 unspecified atom stereocenters. The molecule has 3 aromatic rings. The number of rotatable bonds is 4. The minimum atomic E-state index is 0.864. The Labute approximate surface area is 158 Å². The molecule has 0 N–H and O–H groups in total. The SMILES string of the molecule is c1cc2c(cc1Cc1nn3c(CN4CCCCC4)nnc3s1)CCCC2. The van der Waals surface area contributed by atoms with Gasteiger partial charge in [0.2, 0.25) is 4.96 Å². The summed E-state index contributed by atoms with van der Waals surface area (Å²) in [6.45, 7) is 3.20. The first-order chi connectivity index (χ1) is 12.8. The standard InChI is InChI=1S/C20H25N5S/c1-4-10-24(11-5-1)14-18-21-22-20-25(18)23-19(26-20)13-15-8-9-16-6-2-3-7-17(16)12-15/h8-9,12H,1-7,10-11,13-14H2. The average molecular weight is 368 g/mol. The largest absolute Gasteiger partial charge is 0.296 e. The van der Waals surface area contributed by atoms with E-state index < -0.39 is 0 Å². The number of hydrogen-bond acceptors (Lipinski definition) is 5. The first kappa shape index (κ1) is 16.4. The number of aromatic nitrogens is 4. The van der Waals surface area contributed by atoms with E-state index in [9.17, 15) is 0 Å². The molecule has 2 aromatic heterocycles. The smallest absolute Gasteiger partial charge is 0.234 e. The molecule has 5 nitrogen and oxygen atoms in total. The van der Waals surface area contributed by atoms with Crippen molar-refractivity contribution in [2.24, 2.45) is 0 Å². The molecule has 3 heterocycles. The highest BCUT2D eigenvalue weighted by Crippen LogP contribution is 2.25. The fraction of sp³-hybridized carbons (Fsp3) is 0.550. The van der Waals surface area contributed by atoms with Crippen molar-refractivity contribution in [1.82, 2.24) is 24.7 Å². The number of aryl methyl sites for hydroxylation is 2. The highest BCUT2D eigenvalue weighted by Gasteiger charge is 2.17. The second-order valence-corrected chi connectivity index (χ2v) is 8.67. The average Bonchev–Trinajstić information content (AvgIpc) is 3.24. The predicted octanol–water partition coefficient (Wildman–Crippen LogP) is 3.64. The maximum Gasteiger partial charge on any atom is 0.234 e. The minimum Gasteiger partial charge on any atom is -0.296 e. The van der Waals surface area contributed by atoms with E-state index in [0.29, 0.717) is 0 Å². The van der Waals surface area contributed by atoms with E-state index >= 15 is 0 Å². The van der Waals surface area contributed by atoms with Crippen LogP contribution in [0.3, 0.4) is 0 Å². The van der Waals surface area contributed by atoms with Gasteiger partial charge in [-0.25, -0.2) is 0 Å². The number of benzene rings is 1. The first-order valence-corrected chi connectivity index (χ1v) is 10.7. The Kier molecular flexibility index (Phi) is 4.46. The van der Waals surface area contributed by atoms with Gasteiger partial charge >= 0.3 is 0 Å². The van der Waals surface area contributed by atoms with Gasteiger partial charge in [0.05, 0.1) is 6.54 Å². The Morgan fingerprint density at radius 1 is 0.923 bits per heavy atom. The van der Waals surface area contributed by atoms with E-state index in [4.69, 9.17) is 5.10 Å². The van der Waals surface area contributed by atoms with Gasteiger partial charge in [-0.1, -0.05) is 36.0 Å². The van der Waals surface area contributed by atoms with Crippen LogP contribution in [-0.4, -0.2) is 37.8 Å². The summed E-state index contributed by atoms with van der Waals surface area (Å²) in [6, 6.07) is 7.00. The third-order valence-corrected chi connectivity index (χ3v) is 6.58. The van der Waals surface area contributed by atoms with Crippen molar-refractivity contribution in [3.8, 4) is 0 Å². The Morgan fingerprint density at radius 2 is 1.77 bits per heavy atom. The lowest BCUT2D eigenvalue weighted by Gasteiger charge is -2.25. The van der Waals surface area contributed by atoms with E-state index in [-0.39, 0.29) is 0 Å². The summed E-state index contributed by atoms with van der Waals surface area (Å²) in [5.41, 5.74) is 4.46. The molecule has 0 spiro atoms. The lowest BCUT2D eigenvalue weighted by atomic mass is 9.90. The highest BCUT2D eigenvalue weighted by atomic mass is 32.1. The van der Waals surface area contributed by atoms with Gasteiger partial charge in [-0.15, -0.1) is 10.2 Å². The highest BCUT2D eigenvalue weighted by molar-refractivity contribution is 7.16. The number of likely N-dealkylation sites (tertiary alicyclic amines) is 1. The molecule has 0 radical (unpaired) electrons. The van der Waals surface area contributed by atoms with Gasteiger partial charge in [0, 0.05) is 6.42 Å². The topological polar surface area (TPSA) is 46.3 Å². The molecule has 6 heteroatoms. The zero-order valence-electron chi connectivity index (χ0n) is 15.2. The van der Waals surface area contributed by atoms with Gasteiger partial charge in [-0.3, -0.25) is 4.90 Å². The molecule has 0 saturated carbocycles. The summed E-state index contributed by atoms with van der Waals surface area (Å²) < 4.78 is 1.97. The maximum absolute atomic E-state index is 4.83. The fourth-order valence-electron chi connectivity index (χ4n) is 4.26. The summed E-state index contributed by atoms with van der Waals surface area (Å²) in [5.74, 6) is 0.981. The van der Waals surface area contributed by atoms with Crippen LogP contribution in [0.1, 0.15) is 59.6 Å². The predicted molar refractivity (Wildman–Crippen MR) is 104 cm³/mol. The van der Waals surface area contributed by atoms with Gasteiger partial charge in [-0.2, -0.15) is 9.61 Å². The van der Waals surface area contributed by atoms with E-state index in [1.54, 1.807) is 22.5 Å². The van der Waals surface area contributed by atoms with Crippen LogP contribution in [0.2, 0.25) is 0 Å². The quantitative estimate of drug-likeness (QED) is 0.706. The molecule has 136 valence electrons. The molecule has 1 aromatic carbocycles. The molecule has 1 fully saturated rings. The van der Waals surface area contributed by atoms with E-state index in [2.05, 4.69) is 33.3 Å². The molecule has 1 saturated heterocycles. The van der Waals surface area contributed by atoms with Crippen LogP contribution in [0.15, 0.2) is 18.2 Å². The van der Waals surface area contributed by atoms with Crippen molar-refractivity contribution >= 4 is 16.3 Å². The Bertz CT molecular complexity index is 906. The Balaban J connectivity index is 1.35. The fourth-order valence-corrected chi connectivity index (χ4v) is 5.14. The molecule has 26 heavy (non-hydrogen) atoms. The molecular weight excluding hydrogens is 342 g/mol. The van der Waals surface area contributed by atoms with Gasteiger partial charge in [0.15, 0.2) is 5.82 Å². The second-order valence-electron chi connectivity index (χ2n) is 7.63. The zero-order valence-corrected chi connectivity index (χ0v) is 16.0. The second kappa shape index (κ2) is 7.08. The zero-order chi connectivity index (χ0) is 17.3. The number of fused-ring (bicyclic) bond motifs is 2. The lowest BCUT2D eigenvalue weighted by Crippen LogP contribution is -2.30. The number of hydrogen-bond donors (Lipinski definition) is 0. The van der Waals surface area contributed by atoms with Crippen molar-refractivity contribution in [3.63, 3.8) is 0 Å². The molecule has 1 aliphatic heterocycles. The van der Waals surface area contributed by atoms with Crippen molar-refractivity contribution < 1.29 is 0 Å². The van der Waals surface area contributed by atoms with Gasteiger partial charge in [0.25, 0.3) is 0 Å². The summed E-state index contributed by atoms with van der Waals surface area (Å²) in [5, 5.41) is 14.7. The maximum atomic E-state index is 4.83. The van der Waals surface area contributed by atoms with Crippen LogP contribution in [-0.2, 0) is 25.8 Å². The minimum absolute atomic E-state index is 0.864. The van der Waals surface area contributed by atoms with Crippen LogP contribution in [0, 0.1) is 0 Å². The first-order valence-electron chi connectivity index (χ1n) is 9.88. The van der Waals surface area contributed by atoms with Gasteiger partial charge < -0.3 is 0 Å². The number of piperidine rings is 1. The molecule has 0 bridgehead atoms. The monoisotopic (exact) mass is 367 g/mol. The molecule has 0 atom stereocenters. The summed E-state index contributed by atoms with van der Waals surface area (Å²) in [4.78, 5) is 3.40. The molecule has 5 rings (SSSR count). The van der Waals surface area contributed by atoms with Crippen molar-refractivity contribution in [2.45, 2.75) is 57.9 Å². The molecular formula is C20H25N5S. The van der Waals surface area contributed by atoms with Gasteiger partial charge in [0.1, 0.15) is 5.01 Å². The third kappa shape index (κ3) is 3.28. The normalized spacial score (nSPS) is 18.3. The van der Waals surface area contributed by atoms with Gasteiger partial charge in [-0.05, 0) is 68.3 Å². The van der Waals surface area contributed by atoms with Crippen molar-refractivity contribution in [1.29, 1.82) is 0 Å². The summed E-state index contributed by atoms with van der Waals surface area (Å²) in [7, 11) is 0. The van der Waals surface area contributed by atoms with E-state index in [0.717, 1.165) is 28.8 Å². The van der Waals surface area contributed by atoms with Crippen LogP contribution in [0.4, 0.5) is 0 Å². The van der Waals surface area contributed by atoms with Crippen LogP contribution >= 0.6 is 11.3 Å². The number of nitrogens with zero attached hydrogens (tertiary/aromatic N) is 5. The molecule has 1 aliphatic carbocycles. The van der Waals surface area contributed by atoms with Crippen molar-refractivity contribution in [2.75, 3.05) is 13.1 Å². The van der Waals surface area contributed by atoms with Crippen LogP contribution in [0.5, 0.6) is 0 Å². The lowest BCUT2D eigenvalue weighted by molar-refractivity contribution is 0.214.